The lowest BCUT2D eigenvalue weighted by molar-refractivity contribution is -0.0675. The smallest absolute Gasteiger partial charge is 0.386 e. The maximum absolute atomic E-state index is 12.9. The van der Waals surface area contributed by atoms with Crippen LogP contribution in [0.2, 0.25) is 0 Å². The molecule has 0 amide bonds. The quantitative estimate of drug-likeness (QED) is 0.134. The third kappa shape index (κ3) is 5.64. The van der Waals surface area contributed by atoms with E-state index < -0.39 is 94.7 Å². The number of nitrogens with zero attached hydrogens (tertiary/aromatic N) is 4. The van der Waals surface area contributed by atoms with E-state index in [4.69, 9.17) is 33.3 Å². The van der Waals surface area contributed by atoms with E-state index in [1.54, 1.807) is 0 Å². The molecule has 0 spiro atoms. The highest BCUT2D eigenvalue weighted by Gasteiger charge is 2.53. The molecule has 3 saturated heterocycles. The minimum atomic E-state index is -5.10. The Morgan fingerprint density at radius 1 is 0.907 bits per heavy atom. The Hall–Kier alpha value is -3.11. The molecule has 6 rings (SSSR count). The first-order valence-corrected chi connectivity index (χ1v) is 15.2. The van der Waals surface area contributed by atoms with E-state index in [9.17, 15) is 43.5 Å². The number of aromatic amines is 2. The van der Waals surface area contributed by atoms with Gasteiger partial charge in [0.15, 0.2) is 23.6 Å². The Labute approximate surface area is 236 Å². The molecule has 3 fully saturated rings. The minimum absolute atomic E-state index is 0.114. The van der Waals surface area contributed by atoms with Gasteiger partial charge in [0.1, 0.15) is 43.0 Å². The van der Waals surface area contributed by atoms with Crippen molar-refractivity contribution in [3.8, 4) is 0 Å². The first kappa shape index (κ1) is 29.9. The van der Waals surface area contributed by atoms with Crippen molar-refractivity contribution in [1.29, 1.82) is 0 Å². The number of nitrogens with two attached hydrogens (primary N) is 1. The molecule has 3 aliphatic heterocycles. The maximum atomic E-state index is 12.9. The van der Waals surface area contributed by atoms with Crippen molar-refractivity contribution in [3.05, 3.63) is 49.8 Å². The molecule has 0 aromatic carbocycles. The van der Waals surface area contributed by atoms with Crippen LogP contribution in [0.1, 0.15) is 12.5 Å². The third-order valence-electron chi connectivity index (χ3n) is 6.79. The summed E-state index contributed by atoms with van der Waals surface area (Å²) in [5.74, 6) is -0.235. The highest BCUT2D eigenvalue weighted by molar-refractivity contribution is 7.47. The monoisotopic (exact) mass is 651 g/mol. The SMILES string of the molecule is Nc1nc2ncn([C@H]3O[C@H]4COP(=O)(O)O[C@H]5[C@@H](O)[C@@H](n6ccc(=O)[nH]c6=O)O[C@@H]5COP(=O)(O)O[C@@H]4[C@@H]3O)c2c(=O)[nH]1. The van der Waals surface area contributed by atoms with Gasteiger partial charge in [-0.3, -0.25) is 46.8 Å². The van der Waals surface area contributed by atoms with Crippen LogP contribution in [0, 0.1) is 0 Å². The fraction of sp³-hybridized carbons (Fsp3) is 0.526. The van der Waals surface area contributed by atoms with Gasteiger partial charge in [-0.05, 0) is 0 Å². The number of aliphatic hydroxyl groups excluding tert-OH is 2. The van der Waals surface area contributed by atoms with Crippen molar-refractivity contribution in [1.82, 2.24) is 29.1 Å². The topological polar surface area (TPSA) is 315 Å². The molecule has 234 valence electrons. The second kappa shape index (κ2) is 10.8. The summed E-state index contributed by atoms with van der Waals surface area (Å²) >= 11 is 0. The van der Waals surface area contributed by atoms with E-state index in [0.717, 1.165) is 27.7 Å². The van der Waals surface area contributed by atoms with Crippen LogP contribution >= 0.6 is 15.6 Å². The van der Waals surface area contributed by atoms with Gasteiger partial charge in [0.25, 0.3) is 11.1 Å². The summed E-state index contributed by atoms with van der Waals surface area (Å²) < 4.78 is 59.2. The summed E-state index contributed by atoms with van der Waals surface area (Å²) in [6.07, 6.45) is -11.4. The van der Waals surface area contributed by atoms with Crippen LogP contribution < -0.4 is 22.5 Å². The number of imidazole rings is 1. The summed E-state index contributed by atoms with van der Waals surface area (Å²) in [6.45, 7) is -1.80. The molecule has 3 aliphatic rings. The molecule has 43 heavy (non-hydrogen) atoms. The molecular weight excluding hydrogens is 628 g/mol. The molecule has 10 atom stereocenters. The van der Waals surface area contributed by atoms with Gasteiger partial charge in [-0.25, -0.2) is 18.9 Å². The van der Waals surface area contributed by atoms with Gasteiger partial charge in [0.2, 0.25) is 5.95 Å². The molecule has 3 aromatic heterocycles. The molecule has 24 heteroatoms. The predicted octanol–water partition coefficient (Wildman–Crippen LogP) is -3.21. The fourth-order valence-corrected chi connectivity index (χ4v) is 6.85. The Bertz CT molecular complexity index is 1820. The lowest BCUT2D eigenvalue weighted by atomic mass is 10.1. The molecule has 6 heterocycles. The van der Waals surface area contributed by atoms with Gasteiger partial charge in [-0.15, -0.1) is 0 Å². The van der Waals surface area contributed by atoms with E-state index in [2.05, 4.69) is 15.0 Å². The van der Waals surface area contributed by atoms with Crippen molar-refractivity contribution >= 4 is 32.8 Å². The predicted molar refractivity (Wildman–Crippen MR) is 135 cm³/mol. The van der Waals surface area contributed by atoms with E-state index in [1.165, 1.54) is 0 Å². The number of aliphatic hydroxyl groups is 2. The zero-order valence-electron chi connectivity index (χ0n) is 21.3. The number of phosphoric acid groups is 2. The molecule has 8 N–H and O–H groups in total. The van der Waals surface area contributed by atoms with E-state index in [0.29, 0.717) is 0 Å². The van der Waals surface area contributed by atoms with Crippen molar-refractivity contribution in [2.24, 2.45) is 0 Å². The summed E-state index contributed by atoms with van der Waals surface area (Å²) in [4.78, 5) is 69.1. The number of aromatic nitrogens is 6. The van der Waals surface area contributed by atoms with Crippen LogP contribution in [-0.4, -0.2) is 98.9 Å². The minimum Gasteiger partial charge on any atom is -0.386 e. The highest BCUT2D eigenvalue weighted by Crippen LogP contribution is 2.53. The Morgan fingerprint density at radius 3 is 2.02 bits per heavy atom. The number of H-pyrrole nitrogens is 2. The van der Waals surface area contributed by atoms with E-state index in [1.807, 2.05) is 4.98 Å². The first-order valence-electron chi connectivity index (χ1n) is 12.3. The highest BCUT2D eigenvalue weighted by atomic mass is 31.2. The summed E-state index contributed by atoms with van der Waals surface area (Å²) in [5, 5.41) is 21.9. The molecule has 0 aliphatic carbocycles. The van der Waals surface area contributed by atoms with Crippen molar-refractivity contribution < 1.29 is 56.7 Å². The summed E-state index contributed by atoms with van der Waals surface area (Å²) in [7, 11) is -10.2. The number of anilines is 1. The number of hydrogen-bond donors (Lipinski definition) is 7. The van der Waals surface area contributed by atoms with Gasteiger partial charge in [-0.1, -0.05) is 0 Å². The van der Waals surface area contributed by atoms with Crippen LogP contribution in [0.5, 0.6) is 0 Å². The average molecular weight is 651 g/mol. The van der Waals surface area contributed by atoms with Crippen molar-refractivity contribution in [2.75, 3.05) is 18.9 Å². The van der Waals surface area contributed by atoms with Crippen LogP contribution in [0.15, 0.2) is 33.0 Å². The van der Waals surface area contributed by atoms with Gasteiger partial charge in [0.05, 0.1) is 13.2 Å². The normalized spacial score (nSPS) is 38.7. The molecule has 0 radical (unpaired) electrons. The lowest BCUT2D eigenvalue weighted by Crippen LogP contribution is -2.40. The summed E-state index contributed by atoms with van der Waals surface area (Å²) in [5.41, 5.74) is 2.71. The average Bonchev–Trinajstić information content (AvgIpc) is 3.56. The number of rotatable bonds is 2. The number of phosphoric ester groups is 2. The van der Waals surface area contributed by atoms with Gasteiger partial charge >= 0.3 is 21.3 Å². The maximum Gasteiger partial charge on any atom is 0.472 e. The molecule has 22 nitrogen and oxygen atoms in total. The summed E-state index contributed by atoms with van der Waals surface area (Å²) in [6, 6.07) is 0.946. The molecule has 0 saturated carbocycles. The second-order valence-electron chi connectivity index (χ2n) is 9.57. The van der Waals surface area contributed by atoms with Crippen molar-refractivity contribution in [2.45, 2.75) is 49.1 Å². The van der Waals surface area contributed by atoms with E-state index in [-0.39, 0.29) is 17.1 Å². The number of hydrogen-bond acceptors (Lipinski definition) is 16. The number of fused-ring (bicyclic) bond motifs is 3. The van der Waals surface area contributed by atoms with Crippen LogP contribution in [0.4, 0.5) is 5.95 Å². The zero-order chi connectivity index (χ0) is 30.8. The van der Waals surface area contributed by atoms with Crippen LogP contribution in [0.3, 0.4) is 0 Å². The molecular formula is C19H23N7O15P2. The molecule has 2 unspecified atom stereocenters. The molecule has 0 bridgehead atoms. The third-order valence-corrected chi connectivity index (χ3v) is 8.76. The van der Waals surface area contributed by atoms with Gasteiger partial charge in [0, 0.05) is 12.3 Å². The van der Waals surface area contributed by atoms with Crippen molar-refractivity contribution in [3.63, 3.8) is 0 Å². The van der Waals surface area contributed by atoms with Crippen LogP contribution in [0.25, 0.3) is 11.2 Å². The van der Waals surface area contributed by atoms with Gasteiger partial charge < -0.3 is 35.2 Å². The van der Waals surface area contributed by atoms with E-state index >= 15 is 0 Å². The largest absolute Gasteiger partial charge is 0.472 e. The number of ether oxygens (including phenoxy) is 2. The van der Waals surface area contributed by atoms with Crippen LogP contribution in [-0.2, 0) is 36.7 Å². The standard InChI is InChI=1S/C19H23N7O15P2/c20-18-23-14-9(15(30)24-18)26(5-21-14)17-11(29)13-7(39-17)4-37-42(32,33)40-12-6(3-36-43(34,35)41-13)38-16(10(12)28)25-2-1-8(27)22-19(25)31/h1-2,5-7,10-13,16-17,28-29H,3-4H2,(H,32,33)(H,34,35)(H,22,27,31)(H3,20,23,24,30)/t6-,7+,10-,11+,12-,13+,16+,17+/m1/s1. The number of nitrogen functional groups attached to an aromatic ring is 1. The fourth-order valence-electron chi connectivity index (χ4n) is 4.92. The first-order chi connectivity index (χ1) is 20.2. The van der Waals surface area contributed by atoms with Gasteiger partial charge in [-0.2, -0.15) is 4.98 Å². The second-order valence-corrected chi connectivity index (χ2v) is 12.4. The Kier molecular flexibility index (Phi) is 7.52. The Balaban J connectivity index is 1.29. The Morgan fingerprint density at radius 2 is 1.47 bits per heavy atom. The number of nitrogens with one attached hydrogen (secondary N) is 2. The molecule has 3 aromatic rings. The zero-order valence-corrected chi connectivity index (χ0v) is 23.1. The lowest BCUT2D eigenvalue weighted by Gasteiger charge is -2.27.